The van der Waals surface area contributed by atoms with E-state index in [2.05, 4.69) is 42.8 Å². The van der Waals surface area contributed by atoms with E-state index in [-0.39, 0.29) is 0 Å². The lowest BCUT2D eigenvalue weighted by atomic mass is 9.69. The van der Waals surface area contributed by atoms with Gasteiger partial charge in [-0.15, -0.1) is 0 Å². The Morgan fingerprint density at radius 2 is 1.81 bits per heavy atom. The van der Waals surface area contributed by atoms with E-state index in [0.29, 0.717) is 16.2 Å². The minimum Gasteiger partial charge on any atom is -0.497 e. The van der Waals surface area contributed by atoms with Crippen molar-refractivity contribution in [2.24, 2.45) is 17.3 Å². The van der Waals surface area contributed by atoms with Crippen LogP contribution in [0.1, 0.15) is 56.8 Å². The maximum Gasteiger partial charge on any atom is 0.120 e. The third-order valence-electron chi connectivity index (χ3n) is 4.92. The molecule has 1 unspecified atom stereocenters. The summed E-state index contributed by atoms with van der Waals surface area (Å²) in [5, 5.41) is 0.800. The van der Waals surface area contributed by atoms with Gasteiger partial charge in [0.25, 0.3) is 0 Å². The molecule has 0 heterocycles. The summed E-state index contributed by atoms with van der Waals surface area (Å²) >= 11 is 10.3. The second-order valence-corrected chi connectivity index (χ2v) is 8.66. The van der Waals surface area contributed by atoms with E-state index in [1.807, 2.05) is 12.1 Å². The molecule has 0 aromatic heterocycles. The second kappa shape index (κ2) is 6.91. The first-order valence-corrected chi connectivity index (χ1v) is 9.09. The first kappa shape index (κ1) is 17.1. The van der Waals surface area contributed by atoms with Gasteiger partial charge in [-0.05, 0) is 60.6 Å². The van der Waals surface area contributed by atoms with Crippen molar-refractivity contribution in [3.8, 4) is 5.75 Å². The largest absolute Gasteiger partial charge is 0.497 e. The Morgan fingerprint density at radius 3 is 2.29 bits per heavy atom. The number of hydrogen-bond donors (Lipinski definition) is 0. The predicted molar refractivity (Wildman–Crippen MR) is 94.6 cm³/mol. The van der Waals surface area contributed by atoms with Crippen molar-refractivity contribution in [3.63, 3.8) is 0 Å². The van der Waals surface area contributed by atoms with Gasteiger partial charge in [-0.3, -0.25) is 0 Å². The minimum atomic E-state index is 0.344. The van der Waals surface area contributed by atoms with Crippen LogP contribution in [-0.4, -0.2) is 7.11 Å². The molecule has 0 spiro atoms. The molecule has 0 N–H and O–H groups in total. The summed E-state index contributed by atoms with van der Waals surface area (Å²) in [6, 6.07) is 6.00. The van der Waals surface area contributed by atoms with Crippen molar-refractivity contribution >= 4 is 27.5 Å². The Morgan fingerprint density at radius 1 is 1.19 bits per heavy atom. The number of methoxy groups -OCH3 is 1. The van der Waals surface area contributed by atoms with E-state index >= 15 is 0 Å². The first-order chi connectivity index (χ1) is 9.82. The average molecular weight is 374 g/mol. The molecule has 0 saturated heterocycles. The van der Waals surface area contributed by atoms with Gasteiger partial charge in [0.2, 0.25) is 0 Å². The summed E-state index contributed by atoms with van der Waals surface area (Å²) in [4.78, 5) is 0.344. The number of rotatable bonds is 3. The Balaban J connectivity index is 2.03. The average Bonchev–Trinajstić information content (AvgIpc) is 2.45. The fourth-order valence-electron chi connectivity index (χ4n) is 3.39. The van der Waals surface area contributed by atoms with Gasteiger partial charge < -0.3 is 4.74 Å². The summed E-state index contributed by atoms with van der Waals surface area (Å²) < 4.78 is 5.23. The summed E-state index contributed by atoms with van der Waals surface area (Å²) in [5.41, 5.74) is 1.63. The fraction of sp³-hybridized carbons (Fsp3) is 0.667. The van der Waals surface area contributed by atoms with Crippen LogP contribution in [0.5, 0.6) is 5.75 Å². The molecular weight excluding hydrogens is 348 g/mol. The lowest BCUT2D eigenvalue weighted by Crippen LogP contribution is -2.27. The zero-order valence-electron chi connectivity index (χ0n) is 13.5. The van der Waals surface area contributed by atoms with Gasteiger partial charge in [0, 0.05) is 9.85 Å². The van der Waals surface area contributed by atoms with Crippen LogP contribution < -0.4 is 4.74 Å². The van der Waals surface area contributed by atoms with Gasteiger partial charge in [0.05, 0.1) is 7.11 Å². The molecule has 1 aliphatic carbocycles. The molecule has 1 atom stereocenters. The maximum atomic E-state index is 6.41. The smallest absolute Gasteiger partial charge is 0.120 e. The van der Waals surface area contributed by atoms with E-state index in [0.717, 1.165) is 16.7 Å². The number of benzene rings is 1. The molecular formula is C18H26BrClO. The summed E-state index contributed by atoms with van der Waals surface area (Å²) in [5.74, 6) is 2.34. The molecule has 1 nitrogen and oxygen atoms in total. The molecule has 1 aliphatic rings. The highest BCUT2D eigenvalue weighted by atomic mass is 79.9. The molecule has 3 heteroatoms. The Hall–Kier alpha value is -0.210. The SMILES string of the molecule is COc1ccc(C(Br)C2CCC(C(C)(C)C)CC2)c(Cl)c1. The van der Waals surface area contributed by atoms with E-state index in [1.54, 1.807) is 7.11 Å². The summed E-state index contributed by atoms with van der Waals surface area (Å²) in [6.45, 7) is 7.10. The second-order valence-electron chi connectivity index (χ2n) is 7.27. The molecule has 118 valence electrons. The van der Waals surface area contributed by atoms with Crippen LogP contribution in [0.4, 0.5) is 0 Å². The number of ether oxygens (including phenoxy) is 1. The van der Waals surface area contributed by atoms with Crippen molar-refractivity contribution in [2.75, 3.05) is 7.11 Å². The van der Waals surface area contributed by atoms with E-state index in [4.69, 9.17) is 16.3 Å². The van der Waals surface area contributed by atoms with E-state index in [9.17, 15) is 0 Å². The fourth-order valence-corrected chi connectivity index (χ4v) is 4.74. The van der Waals surface area contributed by atoms with Crippen LogP contribution >= 0.6 is 27.5 Å². The quantitative estimate of drug-likeness (QED) is 0.540. The van der Waals surface area contributed by atoms with Crippen molar-refractivity contribution in [3.05, 3.63) is 28.8 Å². The number of hydrogen-bond acceptors (Lipinski definition) is 1. The first-order valence-electron chi connectivity index (χ1n) is 7.80. The molecule has 1 aromatic rings. The van der Waals surface area contributed by atoms with Crippen LogP contribution in [0.3, 0.4) is 0 Å². The zero-order valence-corrected chi connectivity index (χ0v) is 15.8. The molecule has 0 radical (unpaired) electrons. The number of alkyl halides is 1. The Kier molecular flexibility index (Phi) is 5.65. The molecule has 1 aromatic carbocycles. The lowest BCUT2D eigenvalue weighted by Gasteiger charge is -2.38. The van der Waals surface area contributed by atoms with Crippen molar-refractivity contribution in [2.45, 2.75) is 51.3 Å². The highest BCUT2D eigenvalue weighted by Gasteiger charge is 2.33. The van der Waals surface area contributed by atoms with Gasteiger partial charge in [0.1, 0.15) is 5.75 Å². The predicted octanol–water partition coefficient (Wildman–Crippen LogP) is 6.64. The normalized spacial score (nSPS) is 24.7. The van der Waals surface area contributed by atoms with Crippen LogP contribution in [0, 0.1) is 17.3 Å². The van der Waals surface area contributed by atoms with Gasteiger partial charge in [-0.2, -0.15) is 0 Å². The van der Waals surface area contributed by atoms with Crippen LogP contribution in [0.15, 0.2) is 18.2 Å². The third kappa shape index (κ3) is 4.16. The molecule has 0 amide bonds. The van der Waals surface area contributed by atoms with Gasteiger partial charge in [-0.1, -0.05) is 54.4 Å². The van der Waals surface area contributed by atoms with Gasteiger partial charge in [-0.25, -0.2) is 0 Å². The van der Waals surface area contributed by atoms with Crippen LogP contribution in [0.2, 0.25) is 5.02 Å². The van der Waals surface area contributed by atoms with Crippen LogP contribution in [0.25, 0.3) is 0 Å². The van der Waals surface area contributed by atoms with Gasteiger partial charge >= 0.3 is 0 Å². The highest BCUT2D eigenvalue weighted by Crippen LogP contribution is 2.47. The highest BCUT2D eigenvalue weighted by molar-refractivity contribution is 9.09. The summed E-state index contributed by atoms with van der Waals surface area (Å²) in [7, 11) is 1.67. The molecule has 1 fully saturated rings. The number of halogens is 2. The standard InChI is InChI=1S/C18H26BrClO/c1-18(2,3)13-7-5-12(6-8-13)17(19)15-10-9-14(21-4)11-16(15)20/h9-13,17H,5-8H2,1-4H3. The lowest BCUT2D eigenvalue weighted by molar-refractivity contribution is 0.149. The van der Waals surface area contributed by atoms with Crippen molar-refractivity contribution < 1.29 is 4.74 Å². The van der Waals surface area contributed by atoms with Gasteiger partial charge in [0.15, 0.2) is 0 Å². The van der Waals surface area contributed by atoms with Crippen molar-refractivity contribution in [1.29, 1.82) is 0 Å². The molecule has 0 aliphatic heterocycles. The summed E-state index contributed by atoms with van der Waals surface area (Å²) in [6.07, 6.45) is 5.20. The van der Waals surface area contributed by atoms with Crippen LogP contribution in [-0.2, 0) is 0 Å². The molecule has 2 rings (SSSR count). The third-order valence-corrected chi connectivity index (χ3v) is 6.48. The zero-order chi connectivity index (χ0) is 15.6. The maximum absolute atomic E-state index is 6.41. The molecule has 21 heavy (non-hydrogen) atoms. The molecule has 0 bridgehead atoms. The monoisotopic (exact) mass is 372 g/mol. The molecule has 1 saturated carbocycles. The minimum absolute atomic E-state index is 0.344. The Bertz CT molecular complexity index is 473. The Labute approximate surface area is 142 Å². The van der Waals surface area contributed by atoms with E-state index in [1.165, 1.54) is 31.2 Å². The van der Waals surface area contributed by atoms with Crippen molar-refractivity contribution in [1.82, 2.24) is 0 Å². The topological polar surface area (TPSA) is 9.23 Å². The van der Waals surface area contributed by atoms with E-state index < -0.39 is 0 Å².